The van der Waals surface area contributed by atoms with Crippen LogP contribution in [0.25, 0.3) is 0 Å². The number of hydrogen-bond acceptors (Lipinski definition) is 4. The lowest BCUT2D eigenvalue weighted by Crippen LogP contribution is -2.27. The van der Waals surface area contributed by atoms with Gasteiger partial charge in [0.15, 0.2) is 0 Å². The summed E-state index contributed by atoms with van der Waals surface area (Å²) in [4.78, 5) is 20.4. The Morgan fingerprint density at radius 2 is 1.17 bits per heavy atom. The molecule has 0 aliphatic heterocycles. The SMILES string of the molecule is CCCCC(O)C(O)CC(C)C.O=C(O)c1ccccc1.O=C(O)c1ccccc1. The van der Waals surface area contributed by atoms with Gasteiger partial charge in [-0.25, -0.2) is 9.59 Å². The van der Waals surface area contributed by atoms with E-state index < -0.39 is 24.1 Å². The molecule has 6 nitrogen and oxygen atoms in total. The molecule has 0 aromatic heterocycles. The molecule has 2 aromatic carbocycles. The first-order valence-corrected chi connectivity index (χ1v) is 10.1. The Morgan fingerprint density at radius 3 is 1.43 bits per heavy atom. The topological polar surface area (TPSA) is 115 Å². The highest BCUT2D eigenvalue weighted by atomic mass is 16.4. The van der Waals surface area contributed by atoms with Crippen LogP contribution in [0.15, 0.2) is 60.7 Å². The van der Waals surface area contributed by atoms with E-state index in [1.807, 2.05) is 0 Å². The Morgan fingerprint density at radius 1 is 0.767 bits per heavy atom. The second kappa shape index (κ2) is 16.1. The van der Waals surface area contributed by atoms with E-state index >= 15 is 0 Å². The number of aliphatic hydroxyl groups is 2. The standard InChI is InChI=1S/C10H22O2.2C7H6O2/c1-4-5-6-9(11)10(12)7-8(2)3;2*8-7(9)6-4-2-1-3-5-6/h8-12H,4-7H2,1-3H3;2*1-5H,(H,8,9). The average molecular weight is 419 g/mol. The van der Waals surface area contributed by atoms with Crippen molar-refractivity contribution in [3.05, 3.63) is 71.8 Å². The first-order chi connectivity index (χ1) is 14.2. The van der Waals surface area contributed by atoms with Crippen LogP contribution in [0.5, 0.6) is 0 Å². The normalized spacial score (nSPS) is 11.9. The Bertz CT molecular complexity index is 651. The highest BCUT2D eigenvalue weighted by molar-refractivity contribution is 5.87. The summed E-state index contributed by atoms with van der Waals surface area (Å²) in [6.07, 6.45) is 2.45. The smallest absolute Gasteiger partial charge is 0.335 e. The van der Waals surface area contributed by atoms with Gasteiger partial charge in [-0.2, -0.15) is 0 Å². The van der Waals surface area contributed by atoms with Gasteiger partial charge in [0.1, 0.15) is 0 Å². The van der Waals surface area contributed by atoms with Crippen molar-refractivity contribution in [2.45, 2.75) is 58.7 Å². The molecule has 0 fully saturated rings. The molecule has 0 saturated heterocycles. The minimum absolute atomic E-state index is 0.331. The summed E-state index contributed by atoms with van der Waals surface area (Å²) in [5, 5.41) is 35.7. The van der Waals surface area contributed by atoms with E-state index in [1.165, 1.54) is 0 Å². The molecule has 0 heterocycles. The van der Waals surface area contributed by atoms with Crippen molar-refractivity contribution in [3.63, 3.8) is 0 Å². The van der Waals surface area contributed by atoms with Crippen molar-refractivity contribution in [2.24, 2.45) is 5.92 Å². The van der Waals surface area contributed by atoms with Crippen molar-refractivity contribution in [3.8, 4) is 0 Å². The van der Waals surface area contributed by atoms with E-state index in [-0.39, 0.29) is 0 Å². The fraction of sp³-hybridized carbons (Fsp3) is 0.417. The number of rotatable bonds is 8. The van der Waals surface area contributed by atoms with Gasteiger partial charge in [-0.15, -0.1) is 0 Å². The summed E-state index contributed by atoms with van der Waals surface area (Å²) in [6, 6.07) is 16.6. The zero-order valence-electron chi connectivity index (χ0n) is 17.9. The fourth-order valence-corrected chi connectivity index (χ4v) is 2.41. The van der Waals surface area contributed by atoms with Crippen LogP contribution in [-0.2, 0) is 0 Å². The Hall–Kier alpha value is -2.70. The molecule has 2 rings (SSSR count). The molecule has 4 N–H and O–H groups in total. The number of carbonyl (C=O) groups is 2. The molecule has 0 spiro atoms. The van der Waals surface area contributed by atoms with Gasteiger partial charge in [-0.1, -0.05) is 70.0 Å². The quantitative estimate of drug-likeness (QED) is 0.493. The molecule has 2 unspecified atom stereocenters. The third-order valence-corrected chi connectivity index (χ3v) is 4.05. The summed E-state index contributed by atoms with van der Waals surface area (Å²) < 4.78 is 0. The predicted molar refractivity (Wildman–Crippen MR) is 118 cm³/mol. The molecule has 0 bridgehead atoms. The number of benzene rings is 2. The third-order valence-electron chi connectivity index (χ3n) is 4.05. The maximum absolute atomic E-state index is 10.2. The Balaban J connectivity index is 0.000000426. The molecule has 0 amide bonds. The summed E-state index contributed by atoms with van der Waals surface area (Å²) in [7, 11) is 0. The van der Waals surface area contributed by atoms with E-state index in [0.29, 0.717) is 23.5 Å². The van der Waals surface area contributed by atoms with E-state index in [9.17, 15) is 19.8 Å². The van der Waals surface area contributed by atoms with Crippen LogP contribution >= 0.6 is 0 Å². The number of hydrogen-bond donors (Lipinski definition) is 4. The van der Waals surface area contributed by atoms with Crippen molar-refractivity contribution >= 4 is 11.9 Å². The first-order valence-electron chi connectivity index (χ1n) is 10.1. The molecule has 0 aliphatic rings. The number of aromatic carboxylic acids is 2. The van der Waals surface area contributed by atoms with Gasteiger partial charge in [-0.05, 0) is 43.0 Å². The average Bonchev–Trinajstić information content (AvgIpc) is 2.73. The lowest BCUT2D eigenvalue weighted by molar-refractivity contribution is 0.00205. The Kier molecular flexibility index (Phi) is 14.7. The van der Waals surface area contributed by atoms with Crippen LogP contribution in [0.1, 0.15) is 67.2 Å². The largest absolute Gasteiger partial charge is 0.478 e. The summed E-state index contributed by atoms with van der Waals surface area (Å²) in [5.74, 6) is -1.30. The number of carboxylic acids is 2. The molecule has 166 valence electrons. The predicted octanol–water partition coefficient (Wildman–Crippen LogP) is 4.71. The summed E-state index contributed by atoms with van der Waals surface area (Å²) >= 11 is 0. The van der Waals surface area contributed by atoms with Gasteiger partial charge < -0.3 is 20.4 Å². The molecule has 0 radical (unpaired) electrons. The minimum atomic E-state index is -0.879. The number of aliphatic hydroxyl groups excluding tert-OH is 2. The highest BCUT2D eigenvalue weighted by Gasteiger charge is 2.16. The molecule has 30 heavy (non-hydrogen) atoms. The zero-order chi connectivity index (χ0) is 22.9. The van der Waals surface area contributed by atoms with Crippen molar-refractivity contribution in [1.82, 2.24) is 0 Å². The van der Waals surface area contributed by atoms with Gasteiger partial charge in [0.05, 0.1) is 23.3 Å². The van der Waals surface area contributed by atoms with Gasteiger partial charge in [0.25, 0.3) is 0 Å². The lowest BCUT2D eigenvalue weighted by atomic mass is 9.99. The summed E-state index contributed by atoms with van der Waals surface area (Å²) in [5.41, 5.74) is 0.662. The molecule has 2 aromatic rings. The molecule has 0 saturated carbocycles. The second-order valence-electron chi connectivity index (χ2n) is 7.25. The van der Waals surface area contributed by atoms with Crippen LogP contribution in [-0.4, -0.2) is 44.6 Å². The minimum Gasteiger partial charge on any atom is -0.478 e. The lowest BCUT2D eigenvalue weighted by Gasteiger charge is -2.18. The van der Waals surface area contributed by atoms with Crippen LogP contribution in [0, 0.1) is 5.92 Å². The van der Waals surface area contributed by atoms with E-state index in [1.54, 1.807) is 60.7 Å². The fourth-order valence-electron chi connectivity index (χ4n) is 2.41. The molecule has 2 atom stereocenters. The van der Waals surface area contributed by atoms with E-state index in [0.717, 1.165) is 19.3 Å². The molecule has 6 heteroatoms. The van der Waals surface area contributed by atoms with Crippen molar-refractivity contribution < 1.29 is 30.0 Å². The van der Waals surface area contributed by atoms with E-state index in [4.69, 9.17) is 10.2 Å². The van der Waals surface area contributed by atoms with Gasteiger partial charge >= 0.3 is 11.9 Å². The Labute approximate surface area is 178 Å². The third kappa shape index (κ3) is 13.5. The first kappa shape index (κ1) is 27.3. The van der Waals surface area contributed by atoms with Gasteiger partial charge in [0.2, 0.25) is 0 Å². The zero-order valence-corrected chi connectivity index (χ0v) is 17.9. The van der Waals surface area contributed by atoms with Crippen LogP contribution in [0.2, 0.25) is 0 Å². The summed E-state index contributed by atoms with van der Waals surface area (Å²) in [6.45, 7) is 6.19. The molecule has 0 aliphatic carbocycles. The van der Waals surface area contributed by atoms with Crippen LogP contribution in [0.3, 0.4) is 0 Å². The van der Waals surface area contributed by atoms with Crippen molar-refractivity contribution in [1.29, 1.82) is 0 Å². The van der Waals surface area contributed by atoms with Crippen LogP contribution in [0.4, 0.5) is 0 Å². The second-order valence-corrected chi connectivity index (χ2v) is 7.25. The van der Waals surface area contributed by atoms with Crippen molar-refractivity contribution in [2.75, 3.05) is 0 Å². The van der Waals surface area contributed by atoms with Gasteiger partial charge in [0, 0.05) is 0 Å². The number of carboxylic acid groups (broad SMARTS) is 2. The van der Waals surface area contributed by atoms with Crippen LogP contribution < -0.4 is 0 Å². The maximum atomic E-state index is 10.2. The molecular weight excluding hydrogens is 384 g/mol. The monoisotopic (exact) mass is 418 g/mol. The number of unbranched alkanes of at least 4 members (excludes halogenated alkanes) is 1. The van der Waals surface area contributed by atoms with Gasteiger partial charge in [-0.3, -0.25) is 0 Å². The highest BCUT2D eigenvalue weighted by Crippen LogP contribution is 2.12. The van der Waals surface area contributed by atoms with E-state index in [2.05, 4.69) is 20.8 Å². The maximum Gasteiger partial charge on any atom is 0.335 e. The molecular formula is C24H34O6.